The van der Waals surface area contributed by atoms with E-state index in [0.29, 0.717) is 0 Å². The van der Waals surface area contributed by atoms with E-state index < -0.39 is 0 Å². The van der Waals surface area contributed by atoms with Crippen LogP contribution in [0.25, 0.3) is 10.9 Å². The molecule has 0 saturated heterocycles. The first-order valence-electron chi connectivity index (χ1n) is 7.19. The molecule has 3 heteroatoms. The van der Waals surface area contributed by atoms with Crippen LogP contribution in [0.2, 0.25) is 0 Å². The number of methoxy groups -OCH3 is 1. The van der Waals surface area contributed by atoms with Gasteiger partial charge in [-0.1, -0.05) is 25.1 Å². The van der Waals surface area contributed by atoms with E-state index in [4.69, 9.17) is 4.74 Å². The smallest absolute Gasteiger partial charge is 0.0803 e. The van der Waals surface area contributed by atoms with E-state index in [2.05, 4.69) is 48.4 Å². The highest BCUT2D eigenvalue weighted by atomic mass is 16.5. The number of aromatic nitrogens is 1. The van der Waals surface area contributed by atoms with Crippen molar-refractivity contribution in [3.05, 3.63) is 42.1 Å². The monoisotopic (exact) mass is 272 g/mol. The molecule has 2 unspecified atom stereocenters. The van der Waals surface area contributed by atoms with Crippen LogP contribution in [-0.4, -0.2) is 30.8 Å². The van der Waals surface area contributed by atoms with Crippen molar-refractivity contribution >= 4 is 10.9 Å². The molecule has 1 aromatic carbocycles. The van der Waals surface area contributed by atoms with E-state index in [1.54, 1.807) is 7.11 Å². The number of rotatable bonds is 6. The maximum absolute atomic E-state index is 5.75. The molecule has 2 aromatic rings. The van der Waals surface area contributed by atoms with Crippen molar-refractivity contribution < 1.29 is 4.74 Å². The van der Waals surface area contributed by atoms with Crippen LogP contribution in [0.15, 0.2) is 36.5 Å². The number of para-hydroxylation sites is 1. The third-order valence-electron chi connectivity index (χ3n) is 4.42. The molecular formula is C17H24N2O. The topological polar surface area (TPSA) is 34.1 Å². The standard InChI is InChI=1S/C17H24N2O/c1-5-17(2,20-4)16(18-3)12-13-10-11-19-15-9-7-6-8-14(13)15/h6-11,16,18H,5,12H2,1-4H3. The van der Waals surface area contributed by atoms with E-state index in [1.807, 2.05) is 19.3 Å². The summed E-state index contributed by atoms with van der Waals surface area (Å²) in [5.41, 5.74) is 2.20. The Balaban J connectivity index is 2.35. The van der Waals surface area contributed by atoms with E-state index in [-0.39, 0.29) is 11.6 Å². The summed E-state index contributed by atoms with van der Waals surface area (Å²) in [6.07, 6.45) is 3.79. The number of likely N-dealkylation sites (N-methyl/N-ethyl adjacent to an activating group) is 1. The van der Waals surface area contributed by atoms with Gasteiger partial charge in [-0.3, -0.25) is 4.98 Å². The number of hydrogen-bond acceptors (Lipinski definition) is 3. The molecule has 1 heterocycles. The van der Waals surface area contributed by atoms with Gasteiger partial charge in [0.15, 0.2) is 0 Å². The van der Waals surface area contributed by atoms with Crippen molar-refractivity contribution in [1.29, 1.82) is 0 Å². The van der Waals surface area contributed by atoms with Gasteiger partial charge < -0.3 is 10.1 Å². The molecule has 0 aliphatic carbocycles. The van der Waals surface area contributed by atoms with Crippen molar-refractivity contribution in [3.8, 4) is 0 Å². The Morgan fingerprint density at radius 1 is 1.30 bits per heavy atom. The Labute approximate surface area is 121 Å². The molecule has 0 aliphatic rings. The second-order valence-electron chi connectivity index (χ2n) is 5.40. The van der Waals surface area contributed by atoms with Crippen molar-refractivity contribution in [3.63, 3.8) is 0 Å². The lowest BCUT2D eigenvalue weighted by Crippen LogP contribution is -2.49. The highest BCUT2D eigenvalue weighted by Crippen LogP contribution is 2.25. The van der Waals surface area contributed by atoms with Gasteiger partial charge in [-0.25, -0.2) is 0 Å². The summed E-state index contributed by atoms with van der Waals surface area (Å²) in [6.45, 7) is 4.33. The molecule has 0 fully saturated rings. The molecule has 2 atom stereocenters. The zero-order valence-corrected chi connectivity index (χ0v) is 12.8. The fourth-order valence-electron chi connectivity index (χ4n) is 2.71. The van der Waals surface area contributed by atoms with Gasteiger partial charge in [-0.2, -0.15) is 0 Å². The average Bonchev–Trinajstić information content (AvgIpc) is 2.52. The fourth-order valence-corrected chi connectivity index (χ4v) is 2.71. The Morgan fingerprint density at radius 3 is 2.70 bits per heavy atom. The first kappa shape index (κ1) is 14.9. The molecule has 3 nitrogen and oxygen atoms in total. The van der Waals surface area contributed by atoms with Gasteiger partial charge in [0.25, 0.3) is 0 Å². The van der Waals surface area contributed by atoms with Crippen LogP contribution < -0.4 is 5.32 Å². The van der Waals surface area contributed by atoms with Gasteiger partial charge in [0.1, 0.15) is 0 Å². The fraction of sp³-hybridized carbons (Fsp3) is 0.471. The number of fused-ring (bicyclic) bond motifs is 1. The van der Waals surface area contributed by atoms with Crippen molar-refractivity contribution in [2.45, 2.75) is 38.3 Å². The quantitative estimate of drug-likeness (QED) is 0.877. The zero-order chi connectivity index (χ0) is 14.6. The summed E-state index contributed by atoms with van der Waals surface area (Å²) >= 11 is 0. The van der Waals surface area contributed by atoms with Crippen LogP contribution in [0.5, 0.6) is 0 Å². The summed E-state index contributed by atoms with van der Waals surface area (Å²) in [4.78, 5) is 4.43. The molecule has 20 heavy (non-hydrogen) atoms. The van der Waals surface area contributed by atoms with E-state index in [9.17, 15) is 0 Å². The number of nitrogens with zero attached hydrogens (tertiary/aromatic N) is 1. The molecule has 1 aromatic heterocycles. The molecule has 1 N–H and O–H groups in total. The third kappa shape index (κ3) is 2.84. The highest BCUT2D eigenvalue weighted by Gasteiger charge is 2.31. The van der Waals surface area contributed by atoms with Crippen LogP contribution in [0.4, 0.5) is 0 Å². The van der Waals surface area contributed by atoms with Crippen molar-refractivity contribution in [2.24, 2.45) is 0 Å². The Morgan fingerprint density at radius 2 is 2.05 bits per heavy atom. The highest BCUT2D eigenvalue weighted by molar-refractivity contribution is 5.81. The molecule has 0 bridgehead atoms. The number of nitrogens with one attached hydrogen (secondary N) is 1. The minimum atomic E-state index is -0.168. The first-order chi connectivity index (χ1) is 9.64. The van der Waals surface area contributed by atoms with Gasteiger partial charge in [0.05, 0.1) is 11.1 Å². The SMILES string of the molecule is CCC(C)(OC)C(Cc1ccnc2ccccc12)NC. The first-order valence-corrected chi connectivity index (χ1v) is 7.19. The molecule has 0 saturated carbocycles. The minimum absolute atomic E-state index is 0.168. The zero-order valence-electron chi connectivity index (χ0n) is 12.8. The Hall–Kier alpha value is -1.45. The second kappa shape index (κ2) is 6.33. The molecule has 0 amide bonds. The molecule has 108 valence electrons. The molecule has 2 rings (SSSR count). The average molecular weight is 272 g/mol. The normalized spacial score (nSPS) is 16.0. The van der Waals surface area contributed by atoms with Crippen molar-refractivity contribution in [2.75, 3.05) is 14.2 Å². The minimum Gasteiger partial charge on any atom is -0.377 e. The summed E-state index contributed by atoms with van der Waals surface area (Å²) in [6, 6.07) is 10.7. The third-order valence-corrected chi connectivity index (χ3v) is 4.42. The summed E-state index contributed by atoms with van der Waals surface area (Å²) in [5, 5.41) is 4.64. The van der Waals surface area contributed by atoms with Gasteiger partial charge in [-0.05, 0) is 44.5 Å². The lowest BCUT2D eigenvalue weighted by Gasteiger charge is -2.36. The van der Waals surface area contributed by atoms with Crippen LogP contribution >= 0.6 is 0 Å². The maximum Gasteiger partial charge on any atom is 0.0803 e. The lowest BCUT2D eigenvalue weighted by molar-refractivity contribution is -0.0267. The van der Waals surface area contributed by atoms with Crippen LogP contribution in [-0.2, 0) is 11.2 Å². The molecule has 0 radical (unpaired) electrons. The number of ether oxygens (including phenoxy) is 1. The van der Waals surface area contributed by atoms with E-state index in [1.165, 1.54) is 10.9 Å². The maximum atomic E-state index is 5.75. The predicted octanol–water partition coefficient (Wildman–Crippen LogP) is 3.18. The van der Waals surface area contributed by atoms with Crippen LogP contribution in [0.1, 0.15) is 25.8 Å². The summed E-state index contributed by atoms with van der Waals surface area (Å²) in [7, 11) is 3.79. The van der Waals surface area contributed by atoms with E-state index >= 15 is 0 Å². The van der Waals surface area contributed by atoms with Gasteiger partial charge in [0, 0.05) is 24.7 Å². The number of benzene rings is 1. The number of hydrogen-bond donors (Lipinski definition) is 1. The second-order valence-corrected chi connectivity index (χ2v) is 5.40. The van der Waals surface area contributed by atoms with Gasteiger partial charge >= 0.3 is 0 Å². The van der Waals surface area contributed by atoms with Crippen LogP contribution in [0, 0.1) is 0 Å². The summed E-state index contributed by atoms with van der Waals surface area (Å²) in [5.74, 6) is 0. The molecule has 0 aliphatic heterocycles. The Bertz CT molecular complexity index is 558. The molecule has 0 spiro atoms. The van der Waals surface area contributed by atoms with E-state index in [0.717, 1.165) is 18.4 Å². The predicted molar refractivity (Wildman–Crippen MR) is 84.0 cm³/mol. The number of pyridine rings is 1. The lowest BCUT2D eigenvalue weighted by atomic mass is 9.87. The molecular weight excluding hydrogens is 248 g/mol. The van der Waals surface area contributed by atoms with Crippen LogP contribution in [0.3, 0.4) is 0 Å². The van der Waals surface area contributed by atoms with Gasteiger partial charge in [0.2, 0.25) is 0 Å². The largest absolute Gasteiger partial charge is 0.377 e. The van der Waals surface area contributed by atoms with Gasteiger partial charge in [-0.15, -0.1) is 0 Å². The van der Waals surface area contributed by atoms with Crippen molar-refractivity contribution in [1.82, 2.24) is 10.3 Å². The summed E-state index contributed by atoms with van der Waals surface area (Å²) < 4.78 is 5.75. The Kier molecular flexibility index (Phi) is 4.73.